The summed E-state index contributed by atoms with van der Waals surface area (Å²) in [5.41, 5.74) is 0. The lowest BCUT2D eigenvalue weighted by Gasteiger charge is -2.30. The van der Waals surface area contributed by atoms with Gasteiger partial charge in [0.2, 0.25) is 0 Å². The van der Waals surface area contributed by atoms with Crippen LogP contribution in [-0.4, -0.2) is 61.5 Å². The Hall–Kier alpha value is -0.160. The Kier molecular flexibility index (Phi) is 3.75. The van der Waals surface area contributed by atoms with Crippen molar-refractivity contribution in [2.75, 3.05) is 39.3 Å². The van der Waals surface area contributed by atoms with Gasteiger partial charge in [0.25, 0.3) is 0 Å². The molecule has 2 heterocycles. The van der Waals surface area contributed by atoms with Crippen LogP contribution >= 0.6 is 0 Å². The molecule has 0 radical (unpaired) electrons. The Labute approximate surface area is 85.2 Å². The molecule has 2 aliphatic rings. The van der Waals surface area contributed by atoms with Crippen LogP contribution in [0.4, 0.5) is 0 Å². The maximum atomic E-state index is 9.91. The van der Waals surface area contributed by atoms with E-state index in [0.29, 0.717) is 0 Å². The molecule has 0 unspecified atom stereocenters. The highest BCUT2D eigenvalue weighted by Crippen LogP contribution is 2.16. The molecule has 0 saturated carbocycles. The van der Waals surface area contributed by atoms with Crippen molar-refractivity contribution >= 4 is 0 Å². The van der Waals surface area contributed by atoms with E-state index in [1.165, 1.54) is 0 Å². The van der Waals surface area contributed by atoms with Crippen LogP contribution in [0.2, 0.25) is 0 Å². The maximum Gasteiger partial charge on any atom is 0.0928 e. The van der Waals surface area contributed by atoms with Crippen LogP contribution in [-0.2, 0) is 4.74 Å². The average Bonchev–Trinajstić information content (AvgIpc) is 2.72. The van der Waals surface area contributed by atoms with E-state index in [9.17, 15) is 5.11 Å². The fourth-order valence-electron chi connectivity index (χ4n) is 2.18. The highest BCUT2D eigenvalue weighted by Gasteiger charge is 2.26. The van der Waals surface area contributed by atoms with Crippen LogP contribution in [0.3, 0.4) is 0 Å². The first-order chi connectivity index (χ1) is 6.86. The molecule has 2 fully saturated rings. The molecular formula is C10H20N2O2. The minimum Gasteiger partial charge on any atom is -0.389 e. The minimum absolute atomic E-state index is 0.0879. The molecule has 0 aromatic heterocycles. The fourth-order valence-corrected chi connectivity index (χ4v) is 2.18. The second-order valence-electron chi connectivity index (χ2n) is 4.17. The maximum absolute atomic E-state index is 9.91. The molecule has 14 heavy (non-hydrogen) atoms. The van der Waals surface area contributed by atoms with Gasteiger partial charge in [0, 0.05) is 39.3 Å². The van der Waals surface area contributed by atoms with Crippen LogP contribution < -0.4 is 5.32 Å². The summed E-state index contributed by atoms with van der Waals surface area (Å²) in [6.07, 6.45) is 1.91. The molecule has 0 aromatic carbocycles. The summed E-state index contributed by atoms with van der Waals surface area (Å²) in [6, 6.07) is 0. The second-order valence-corrected chi connectivity index (χ2v) is 4.17. The quantitative estimate of drug-likeness (QED) is 0.640. The number of piperazine rings is 1. The molecule has 2 saturated heterocycles. The van der Waals surface area contributed by atoms with Crippen molar-refractivity contribution in [2.24, 2.45) is 0 Å². The first-order valence-electron chi connectivity index (χ1n) is 5.59. The molecule has 0 spiro atoms. The summed E-state index contributed by atoms with van der Waals surface area (Å²) >= 11 is 0. The van der Waals surface area contributed by atoms with Gasteiger partial charge in [-0.2, -0.15) is 0 Å². The molecule has 2 atom stereocenters. The molecule has 2 N–H and O–H groups in total. The first kappa shape index (κ1) is 10.4. The van der Waals surface area contributed by atoms with E-state index < -0.39 is 0 Å². The predicted molar refractivity (Wildman–Crippen MR) is 54.3 cm³/mol. The lowest BCUT2D eigenvalue weighted by Crippen LogP contribution is -2.48. The van der Waals surface area contributed by atoms with Gasteiger partial charge < -0.3 is 15.2 Å². The summed E-state index contributed by atoms with van der Waals surface area (Å²) in [5, 5.41) is 13.2. The van der Waals surface area contributed by atoms with Crippen LogP contribution in [0.1, 0.15) is 12.8 Å². The van der Waals surface area contributed by atoms with E-state index >= 15 is 0 Å². The lowest BCUT2D eigenvalue weighted by atomic mass is 10.1. The number of nitrogens with one attached hydrogen (secondary N) is 1. The normalized spacial score (nSPS) is 31.9. The van der Waals surface area contributed by atoms with Crippen LogP contribution in [0.15, 0.2) is 0 Å². The van der Waals surface area contributed by atoms with Crippen LogP contribution in [0, 0.1) is 0 Å². The molecule has 0 aliphatic carbocycles. The van der Waals surface area contributed by atoms with E-state index in [1.807, 2.05) is 0 Å². The topological polar surface area (TPSA) is 44.7 Å². The molecular weight excluding hydrogens is 180 g/mol. The number of β-amino-alcohol motifs (C(OH)–C–C–N with tert-alkyl or cyclic N) is 1. The summed E-state index contributed by atoms with van der Waals surface area (Å²) in [4.78, 5) is 2.31. The summed E-state index contributed by atoms with van der Waals surface area (Å²) in [6.45, 7) is 5.76. The molecule has 0 amide bonds. The molecule has 2 rings (SSSR count). The zero-order valence-corrected chi connectivity index (χ0v) is 8.61. The number of hydrogen-bond donors (Lipinski definition) is 2. The molecule has 82 valence electrons. The lowest BCUT2D eigenvalue weighted by molar-refractivity contribution is -0.0197. The van der Waals surface area contributed by atoms with Crippen molar-refractivity contribution in [3.8, 4) is 0 Å². The smallest absolute Gasteiger partial charge is 0.0928 e. The van der Waals surface area contributed by atoms with Gasteiger partial charge in [0.1, 0.15) is 0 Å². The number of hydrogen-bond acceptors (Lipinski definition) is 4. The Morgan fingerprint density at radius 3 is 2.86 bits per heavy atom. The standard InChI is InChI=1S/C10H20N2O2/c13-9(10-2-1-7-14-10)8-12-5-3-11-4-6-12/h9-11,13H,1-8H2/t9-,10-/m1/s1. The second kappa shape index (κ2) is 5.07. The van der Waals surface area contributed by atoms with Gasteiger partial charge in [-0.15, -0.1) is 0 Å². The molecule has 4 heteroatoms. The van der Waals surface area contributed by atoms with Crippen molar-refractivity contribution in [2.45, 2.75) is 25.0 Å². The van der Waals surface area contributed by atoms with Gasteiger partial charge in [0.05, 0.1) is 12.2 Å². The zero-order valence-electron chi connectivity index (χ0n) is 8.61. The van der Waals surface area contributed by atoms with Crippen molar-refractivity contribution in [3.63, 3.8) is 0 Å². The summed E-state index contributed by atoms with van der Waals surface area (Å²) in [7, 11) is 0. The number of aliphatic hydroxyl groups is 1. The fraction of sp³-hybridized carbons (Fsp3) is 1.00. The van der Waals surface area contributed by atoms with Gasteiger partial charge in [-0.05, 0) is 12.8 Å². The van der Waals surface area contributed by atoms with E-state index in [-0.39, 0.29) is 12.2 Å². The number of nitrogens with zero attached hydrogens (tertiary/aromatic N) is 1. The first-order valence-corrected chi connectivity index (χ1v) is 5.59. The van der Waals surface area contributed by atoms with Crippen LogP contribution in [0.5, 0.6) is 0 Å². The zero-order chi connectivity index (χ0) is 9.80. The largest absolute Gasteiger partial charge is 0.389 e. The third kappa shape index (κ3) is 2.67. The van der Waals surface area contributed by atoms with Gasteiger partial charge in [-0.3, -0.25) is 4.90 Å². The minimum atomic E-state index is -0.296. The number of aliphatic hydroxyl groups excluding tert-OH is 1. The van der Waals surface area contributed by atoms with Crippen molar-refractivity contribution < 1.29 is 9.84 Å². The summed E-state index contributed by atoms with van der Waals surface area (Å²) in [5.74, 6) is 0. The third-order valence-electron chi connectivity index (χ3n) is 3.05. The van der Waals surface area contributed by atoms with E-state index in [0.717, 1.165) is 52.2 Å². The Bertz CT molecular complexity index is 166. The van der Waals surface area contributed by atoms with E-state index in [1.54, 1.807) is 0 Å². The van der Waals surface area contributed by atoms with Gasteiger partial charge in [-0.1, -0.05) is 0 Å². The predicted octanol–water partition coefficient (Wildman–Crippen LogP) is -0.568. The Morgan fingerprint density at radius 1 is 1.43 bits per heavy atom. The van der Waals surface area contributed by atoms with Gasteiger partial charge in [-0.25, -0.2) is 0 Å². The molecule has 0 bridgehead atoms. The molecule has 4 nitrogen and oxygen atoms in total. The van der Waals surface area contributed by atoms with Crippen molar-refractivity contribution in [3.05, 3.63) is 0 Å². The van der Waals surface area contributed by atoms with E-state index in [4.69, 9.17) is 4.74 Å². The Balaban J connectivity index is 1.72. The van der Waals surface area contributed by atoms with Gasteiger partial charge in [0.15, 0.2) is 0 Å². The summed E-state index contributed by atoms with van der Waals surface area (Å²) < 4.78 is 5.46. The SMILES string of the molecule is O[C@H](CN1CCNCC1)[C@H]1CCCO1. The third-order valence-corrected chi connectivity index (χ3v) is 3.05. The molecule has 0 aromatic rings. The highest BCUT2D eigenvalue weighted by molar-refractivity contribution is 4.78. The van der Waals surface area contributed by atoms with Crippen LogP contribution in [0.25, 0.3) is 0 Å². The monoisotopic (exact) mass is 200 g/mol. The average molecular weight is 200 g/mol. The number of rotatable bonds is 3. The highest BCUT2D eigenvalue weighted by atomic mass is 16.5. The van der Waals surface area contributed by atoms with Crippen molar-refractivity contribution in [1.82, 2.24) is 10.2 Å². The van der Waals surface area contributed by atoms with Gasteiger partial charge >= 0.3 is 0 Å². The number of ether oxygens (including phenoxy) is 1. The molecule has 2 aliphatic heterocycles. The van der Waals surface area contributed by atoms with E-state index in [2.05, 4.69) is 10.2 Å². The van der Waals surface area contributed by atoms with Crippen molar-refractivity contribution in [1.29, 1.82) is 0 Å². The Morgan fingerprint density at radius 2 is 2.21 bits per heavy atom.